The molecular weight excluding hydrogens is 256 g/mol. The van der Waals surface area contributed by atoms with Crippen LogP contribution in [0.4, 0.5) is 26.3 Å². The Labute approximate surface area is 92.4 Å². The lowest BCUT2D eigenvalue weighted by molar-refractivity contribution is -0.161. The summed E-state index contributed by atoms with van der Waals surface area (Å²) >= 11 is 5.07. The van der Waals surface area contributed by atoms with E-state index in [-0.39, 0.29) is 0 Å². The van der Waals surface area contributed by atoms with Gasteiger partial charge < -0.3 is 0 Å². The molecule has 0 unspecified atom stereocenters. The summed E-state index contributed by atoms with van der Waals surface area (Å²) in [6.45, 7) is 0.470. The molecule has 1 radical (unpaired) electrons. The van der Waals surface area contributed by atoms with Gasteiger partial charge in [0.1, 0.15) is 0 Å². The van der Waals surface area contributed by atoms with Crippen LogP contribution in [-0.4, -0.2) is 6.69 Å². The van der Waals surface area contributed by atoms with Crippen LogP contribution in [0.2, 0.25) is 0 Å². The molecule has 0 saturated carbocycles. The van der Waals surface area contributed by atoms with Gasteiger partial charge in [0.25, 0.3) is 6.69 Å². The molecule has 1 rings (SSSR count). The molecule has 0 N–H and O–H groups in total. The molecule has 0 amide bonds. The number of halogens is 7. The molecule has 0 aliphatic heterocycles. The zero-order chi connectivity index (χ0) is 12.6. The van der Waals surface area contributed by atoms with Crippen LogP contribution in [0.5, 0.6) is 0 Å². The third kappa shape index (κ3) is 2.64. The van der Waals surface area contributed by atoms with Crippen LogP contribution in [0.25, 0.3) is 0 Å². The molecule has 0 spiro atoms. The van der Waals surface area contributed by atoms with Crippen molar-refractivity contribution in [2.24, 2.45) is 0 Å². The lowest BCUT2D eigenvalue weighted by Crippen LogP contribution is -2.28. The molecular formula is C8H3BClF6. The van der Waals surface area contributed by atoms with Crippen LogP contribution in [-0.2, 0) is 12.4 Å². The van der Waals surface area contributed by atoms with E-state index in [1.165, 1.54) is 0 Å². The smallest absolute Gasteiger partial charge is 0.197 e. The van der Waals surface area contributed by atoms with Crippen LogP contribution in [0.1, 0.15) is 11.1 Å². The Balaban J connectivity index is 3.51. The predicted octanol–water partition coefficient (Wildman–Crippen LogP) is 3.21. The van der Waals surface area contributed by atoms with E-state index in [2.05, 4.69) is 0 Å². The summed E-state index contributed by atoms with van der Waals surface area (Å²) in [4.78, 5) is 0. The molecule has 16 heavy (non-hydrogen) atoms. The van der Waals surface area contributed by atoms with Gasteiger partial charge in [0.05, 0.1) is 11.1 Å². The van der Waals surface area contributed by atoms with Crippen LogP contribution >= 0.6 is 11.5 Å². The van der Waals surface area contributed by atoms with Crippen molar-refractivity contribution in [3.05, 3.63) is 29.3 Å². The first-order chi connectivity index (χ1) is 7.18. The molecule has 0 nitrogen and oxygen atoms in total. The van der Waals surface area contributed by atoms with Gasteiger partial charge in [0.15, 0.2) is 0 Å². The van der Waals surface area contributed by atoms with Gasteiger partial charge in [-0.3, -0.25) is 0 Å². The van der Waals surface area contributed by atoms with Crippen LogP contribution < -0.4 is 5.46 Å². The van der Waals surface area contributed by atoms with E-state index in [0.717, 1.165) is 12.1 Å². The zero-order valence-corrected chi connectivity index (χ0v) is 8.21. The number of hydrogen-bond acceptors (Lipinski definition) is 0. The highest BCUT2D eigenvalue weighted by atomic mass is 35.5. The van der Waals surface area contributed by atoms with Crippen molar-refractivity contribution in [2.45, 2.75) is 12.4 Å². The molecule has 1 aromatic rings. The third-order valence-corrected chi connectivity index (χ3v) is 2.04. The fraction of sp³-hybridized carbons (Fsp3) is 0.250. The van der Waals surface area contributed by atoms with Crippen molar-refractivity contribution >= 4 is 23.6 Å². The molecule has 8 heteroatoms. The molecule has 0 aliphatic rings. The quantitative estimate of drug-likeness (QED) is 0.536. The minimum Gasteiger partial charge on any atom is -0.197 e. The summed E-state index contributed by atoms with van der Waals surface area (Å²) in [6, 6.07) is 2.10. The van der Waals surface area contributed by atoms with Crippen LogP contribution in [0.15, 0.2) is 18.2 Å². The fourth-order valence-corrected chi connectivity index (χ4v) is 1.40. The summed E-state index contributed by atoms with van der Waals surface area (Å²) in [5, 5.41) is 0. The maximum absolute atomic E-state index is 12.4. The maximum atomic E-state index is 12.4. The molecule has 0 aromatic heterocycles. The highest BCUT2D eigenvalue weighted by Crippen LogP contribution is 2.39. The summed E-state index contributed by atoms with van der Waals surface area (Å²) in [7, 11) is 0. The van der Waals surface area contributed by atoms with E-state index in [1.807, 2.05) is 0 Å². The maximum Gasteiger partial charge on any atom is 0.416 e. The lowest BCUT2D eigenvalue weighted by atomic mass is 9.86. The predicted molar refractivity (Wildman–Crippen MR) is 47.7 cm³/mol. The average Bonchev–Trinajstić information content (AvgIpc) is 2.13. The largest absolute Gasteiger partial charge is 0.416 e. The number of rotatable bonds is 1. The van der Waals surface area contributed by atoms with E-state index in [4.69, 9.17) is 11.5 Å². The molecule has 0 atom stereocenters. The van der Waals surface area contributed by atoms with E-state index in [9.17, 15) is 26.3 Å². The van der Waals surface area contributed by atoms with Crippen molar-refractivity contribution < 1.29 is 26.3 Å². The third-order valence-electron chi connectivity index (χ3n) is 1.80. The molecule has 0 bridgehead atoms. The summed E-state index contributed by atoms with van der Waals surface area (Å²) in [5.74, 6) is 0. The van der Waals surface area contributed by atoms with Crippen molar-refractivity contribution in [1.29, 1.82) is 0 Å². The van der Waals surface area contributed by atoms with Crippen molar-refractivity contribution in [3.8, 4) is 0 Å². The topological polar surface area (TPSA) is 0 Å². The fourth-order valence-electron chi connectivity index (χ4n) is 1.21. The normalized spacial score (nSPS) is 12.7. The minimum atomic E-state index is -5.10. The van der Waals surface area contributed by atoms with Crippen molar-refractivity contribution in [3.63, 3.8) is 0 Å². The first-order valence-electron chi connectivity index (χ1n) is 3.88. The molecule has 0 heterocycles. The molecule has 0 aliphatic carbocycles. The Morgan fingerprint density at radius 2 is 1.50 bits per heavy atom. The second-order valence-corrected chi connectivity index (χ2v) is 3.09. The first-order valence-corrected chi connectivity index (χ1v) is 4.32. The summed E-state index contributed by atoms with van der Waals surface area (Å²) < 4.78 is 74.4. The van der Waals surface area contributed by atoms with Crippen LogP contribution in [0.3, 0.4) is 0 Å². The molecule has 0 fully saturated rings. The Hall–Kier alpha value is -0.845. The Morgan fingerprint density at radius 3 is 1.88 bits per heavy atom. The molecule has 0 saturated heterocycles. The highest BCUT2D eigenvalue weighted by molar-refractivity contribution is 7.01. The van der Waals surface area contributed by atoms with E-state index < -0.39 is 28.9 Å². The Kier molecular flexibility index (Phi) is 3.47. The summed E-state index contributed by atoms with van der Waals surface area (Å²) in [5.41, 5.74) is -4.21. The molecule has 87 valence electrons. The van der Waals surface area contributed by atoms with E-state index in [0.29, 0.717) is 12.8 Å². The monoisotopic (exact) mass is 259 g/mol. The average molecular weight is 259 g/mol. The second-order valence-electron chi connectivity index (χ2n) is 2.87. The first kappa shape index (κ1) is 13.2. The lowest BCUT2D eigenvalue weighted by Gasteiger charge is -2.17. The van der Waals surface area contributed by atoms with Crippen LogP contribution in [0, 0.1) is 0 Å². The minimum absolute atomic E-state index is 0.368. The van der Waals surface area contributed by atoms with Gasteiger partial charge in [-0.2, -0.15) is 37.8 Å². The molecule has 1 aromatic carbocycles. The van der Waals surface area contributed by atoms with Gasteiger partial charge >= 0.3 is 12.4 Å². The summed E-state index contributed by atoms with van der Waals surface area (Å²) in [6.07, 6.45) is -10.2. The van der Waals surface area contributed by atoms with Gasteiger partial charge in [-0.05, 0) is 6.07 Å². The zero-order valence-electron chi connectivity index (χ0n) is 7.46. The SMILES string of the molecule is FC(F)(F)c1cccc([B]Cl)c1C(F)(F)F. The van der Waals surface area contributed by atoms with E-state index in [1.54, 1.807) is 0 Å². The number of hydrogen-bond donors (Lipinski definition) is 0. The van der Waals surface area contributed by atoms with Gasteiger partial charge in [-0.25, -0.2) is 0 Å². The van der Waals surface area contributed by atoms with Gasteiger partial charge in [0, 0.05) is 0 Å². The standard InChI is InChI=1S/C8H3BClF6/c10-9-5-3-1-2-4(7(11,12)13)6(5)8(14,15)16/h1-3H. The van der Waals surface area contributed by atoms with Crippen molar-refractivity contribution in [2.75, 3.05) is 0 Å². The highest BCUT2D eigenvalue weighted by Gasteiger charge is 2.44. The van der Waals surface area contributed by atoms with Gasteiger partial charge in [0.2, 0.25) is 0 Å². The van der Waals surface area contributed by atoms with Gasteiger partial charge in [-0.1, -0.05) is 17.6 Å². The van der Waals surface area contributed by atoms with E-state index >= 15 is 0 Å². The van der Waals surface area contributed by atoms with Gasteiger partial charge in [-0.15, -0.1) is 0 Å². The Morgan fingerprint density at radius 1 is 0.938 bits per heavy atom. The number of benzene rings is 1. The number of alkyl halides is 6. The van der Waals surface area contributed by atoms with Crippen molar-refractivity contribution in [1.82, 2.24) is 0 Å². The second kappa shape index (κ2) is 4.20. The Bertz CT molecular complexity index is 383.